The molecule has 2 aliphatic heterocycles. The van der Waals surface area contributed by atoms with Crippen LogP contribution in [0.15, 0.2) is 36.4 Å². The van der Waals surface area contributed by atoms with Crippen molar-refractivity contribution in [3.8, 4) is 11.5 Å². The predicted octanol–water partition coefficient (Wildman–Crippen LogP) is 3.91. The highest BCUT2D eigenvalue weighted by atomic mass is 19.1. The van der Waals surface area contributed by atoms with E-state index in [4.69, 9.17) is 4.74 Å². The molecule has 2 heterocycles. The van der Waals surface area contributed by atoms with Crippen molar-refractivity contribution in [1.82, 2.24) is 10.2 Å². The number of hydrogen-bond acceptors (Lipinski definition) is 5. The van der Waals surface area contributed by atoms with Crippen molar-refractivity contribution in [2.24, 2.45) is 5.92 Å². The van der Waals surface area contributed by atoms with Gasteiger partial charge in [-0.2, -0.15) is 0 Å². The first kappa shape index (κ1) is 21.1. The molecule has 162 valence electrons. The maximum atomic E-state index is 13.2. The minimum Gasteiger partial charge on any atom is -0.504 e. The van der Waals surface area contributed by atoms with Crippen molar-refractivity contribution < 1.29 is 19.3 Å². The highest BCUT2D eigenvalue weighted by molar-refractivity contribution is 5.52. The second-order valence-corrected chi connectivity index (χ2v) is 8.55. The third-order valence-electron chi connectivity index (χ3n) is 6.85. The maximum Gasteiger partial charge on any atom is 0.161 e. The van der Waals surface area contributed by atoms with Gasteiger partial charge in [0.15, 0.2) is 11.5 Å². The highest BCUT2D eigenvalue weighted by Crippen LogP contribution is 2.45. The van der Waals surface area contributed by atoms with Gasteiger partial charge in [0.05, 0.1) is 12.7 Å². The zero-order valence-corrected chi connectivity index (χ0v) is 17.6. The zero-order chi connectivity index (χ0) is 21.3. The van der Waals surface area contributed by atoms with Crippen LogP contribution in [-0.2, 0) is 11.3 Å². The number of nitrogens with zero attached hydrogens (tertiary/aromatic N) is 1. The first-order chi connectivity index (χ1) is 14.5. The molecule has 0 radical (unpaired) electrons. The minimum atomic E-state index is -0.204. The number of phenolic OH excluding ortho intramolecular Hbond substituents is 2. The lowest BCUT2D eigenvalue weighted by Crippen LogP contribution is -2.44. The van der Waals surface area contributed by atoms with E-state index in [1.54, 1.807) is 0 Å². The minimum absolute atomic E-state index is 0.000859. The molecule has 0 amide bonds. The van der Waals surface area contributed by atoms with Gasteiger partial charge in [0, 0.05) is 24.1 Å². The van der Waals surface area contributed by atoms with Crippen LogP contribution in [0.3, 0.4) is 0 Å². The number of rotatable bonds is 5. The summed E-state index contributed by atoms with van der Waals surface area (Å²) < 4.78 is 19.5. The molecule has 30 heavy (non-hydrogen) atoms. The summed E-state index contributed by atoms with van der Waals surface area (Å²) >= 11 is 0. The number of phenols is 2. The summed E-state index contributed by atoms with van der Waals surface area (Å²) in [6.45, 7) is 5.22. The van der Waals surface area contributed by atoms with Crippen LogP contribution in [0.5, 0.6) is 11.5 Å². The van der Waals surface area contributed by atoms with Crippen molar-refractivity contribution in [3.63, 3.8) is 0 Å². The standard InChI is InChI=1S/C24H31FN2O3/c1-15(16-3-6-19(25)7-4-16)27-11-9-17(10-12-27)24-20(13-26-2)22-18(14-30-24)5-8-21(28)23(22)29/h3-8,15,17,20,24,26,28-29H,9-14H2,1-2H3. The Morgan fingerprint density at radius 3 is 2.50 bits per heavy atom. The van der Waals surface area contributed by atoms with Crippen molar-refractivity contribution >= 4 is 0 Å². The number of nitrogens with one attached hydrogen (secondary N) is 1. The molecule has 0 bridgehead atoms. The van der Waals surface area contributed by atoms with E-state index in [-0.39, 0.29) is 35.4 Å². The van der Waals surface area contributed by atoms with Gasteiger partial charge < -0.3 is 20.3 Å². The fourth-order valence-electron chi connectivity index (χ4n) is 5.13. The zero-order valence-electron chi connectivity index (χ0n) is 17.6. The summed E-state index contributed by atoms with van der Waals surface area (Å²) in [5.74, 6) is 0.0953. The average molecular weight is 415 g/mol. The van der Waals surface area contributed by atoms with E-state index in [1.165, 1.54) is 18.2 Å². The smallest absolute Gasteiger partial charge is 0.161 e. The summed E-state index contributed by atoms with van der Waals surface area (Å²) in [4.78, 5) is 2.44. The largest absolute Gasteiger partial charge is 0.504 e. The van der Waals surface area contributed by atoms with E-state index in [0.717, 1.165) is 42.6 Å². The molecule has 0 aromatic heterocycles. The number of aromatic hydroxyl groups is 2. The maximum absolute atomic E-state index is 13.2. The molecule has 3 unspecified atom stereocenters. The number of halogens is 1. The number of hydrogen-bond donors (Lipinski definition) is 3. The molecule has 2 aromatic rings. The molecule has 3 N–H and O–H groups in total. The van der Waals surface area contributed by atoms with E-state index >= 15 is 0 Å². The van der Waals surface area contributed by atoms with Crippen molar-refractivity contribution in [3.05, 3.63) is 58.9 Å². The molecule has 4 rings (SSSR count). The summed E-state index contributed by atoms with van der Waals surface area (Å²) in [5.41, 5.74) is 2.90. The number of piperidine rings is 1. The lowest BCUT2D eigenvalue weighted by atomic mass is 9.77. The Bertz CT molecular complexity index is 865. The number of ether oxygens (including phenoxy) is 1. The molecule has 2 aromatic carbocycles. The van der Waals surface area contributed by atoms with Crippen LogP contribution >= 0.6 is 0 Å². The molecule has 6 heteroatoms. The van der Waals surface area contributed by atoms with Gasteiger partial charge in [0.25, 0.3) is 0 Å². The Balaban J connectivity index is 1.47. The highest BCUT2D eigenvalue weighted by Gasteiger charge is 2.39. The van der Waals surface area contributed by atoms with Crippen molar-refractivity contribution in [2.75, 3.05) is 26.7 Å². The van der Waals surface area contributed by atoms with E-state index < -0.39 is 0 Å². The Morgan fingerprint density at radius 2 is 1.83 bits per heavy atom. The first-order valence-corrected chi connectivity index (χ1v) is 10.8. The fraction of sp³-hybridized carbons (Fsp3) is 0.500. The average Bonchev–Trinajstić information content (AvgIpc) is 2.77. The van der Waals surface area contributed by atoms with Gasteiger partial charge in [-0.3, -0.25) is 4.90 Å². The second-order valence-electron chi connectivity index (χ2n) is 8.55. The van der Waals surface area contributed by atoms with E-state index in [1.807, 2.05) is 25.2 Å². The number of fused-ring (bicyclic) bond motifs is 1. The number of likely N-dealkylation sites (N-methyl/N-ethyl adjacent to an activating group) is 1. The first-order valence-electron chi connectivity index (χ1n) is 10.8. The molecule has 0 spiro atoms. The Hall–Kier alpha value is -2.15. The molecule has 5 nitrogen and oxygen atoms in total. The molecule has 1 saturated heterocycles. The van der Waals surface area contributed by atoms with Crippen LogP contribution in [0.4, 0.5) is 4.39 Å². The van der Waals surface area contributed by atoms with Crippen LogP contribution in [0, 0.1) is 11.7 Å². The van der Waals surface area contributed by atoms with Crippen molar-refractivity contribution in [1.29, 1.82) is 0 Å². The van der Waals surface area contributed by atoms with Gasteiger partial charge in [-0.25, -0.2) is 4.39 Å². The Labute approximate surface area is 177 Å². The van der Waals surface area contributed by atoms with Gasteiger partial charge in [0.2, 0.25) is 0 Å². The summed E-state index contributed by atoms with van der Waals surface area (Å²) in [7, 11) is 1.90. The third-order valence-corrected chi connectivity index (χ3v) is 6.85. The van der Waals surface area contributed by atoms with Gasteiger partial charge in [-0.15, -0.1) is 0 Å². The summed E-state index contributed by atoms with van der Waals surface area (Å²) in [5, 5.41) is 23.8. The Kier molecular flexibility index (Phi) is 6.27. The quantitative estimate of drug-likeness (QED) is 0.648. The molecule has 3 atom stereocenters. The van der Waals surface area contributed by atoms with Crippen LogP contribution in [-0.4, -0.2) is 47.9 Å². The fourth-order valence-corrected chi connectivity index (χ4v) is 5.13. The van der Waals surface area contributed by atoms with E-state index in [9.17, 15) is 14.6 Å². The molecule has 1 fully saturated rings. The van der Waals surface area contributed by atoms with E-state index in [0.29, 0.717) is 19.1 Å². The topological polar surface area (TPSA) is 65.0 Å². The monoisotopic (exact) mass is 414 g/mol. The van der Waals surface area contributed by atoms with Gasteiger partial charge in [0.1, 0.15) is 5.82 Å². The lowest BCUT2D eigenvalue weighted by Gasteiger charge is -2.43. The van der Waals surface area contributed by atoms with Gasteiger partial charge in [-0.05, 0) is 75.1 Å². The van der Waals surface area contributed by atoms with Gasteiger partial charge in [-0.1, -0.05) is 18.2 Å². The number of benzene rings is 2. The Morgan fingerprint density at radius 1 is 1.13 bits per heavy atom. The molecular formula is C24H31FN2O3. The third kappa shape index (κ3) is 4.04. The predicted molar refractivity (Wildman–Crippen MR) is 114 cm³/mol. The molecular weight excluding hydrogens is 383 g/mol. The molecule has 0 aliphatic carbocycles. The van der Waals surface area contributed by atoms with Crippen LogP contribution in [0.2, 0.25) is 0 Å². The van der Waals surface area contributed by atoms with Crippen LogP contribution in [0.1, 0.15) is 48.4 Å². The summed E-state index contributed by atoms with van der Waals surface area (Å²) in [6.07, 6.45) is 2.01. The summed E-state index contributed by atoms with van der Waals surface area (Å²) in [6, 6.07) is 10.4. The molecule has 2 aliphatic rings. The molecule has 0 saturated carbocycles. The number of likely N-dealkylation sites (tertiary alicyclic amines) is 1. The van der Waals surface area contributed by atoms with Crippen LogP contribution < -0.4 is 5.32 Å². The van der Waals surface area contributed by atoms with Crippen LogP contribution in [0.25, 0.3) is 0 Å². The van der Waals surface area contributed by atoms with Gasteiger partial charge >= 0.3 is 0 Å². The van der Waals surface area contributed by atoms with E-state index in [2.05, 4.69) is 17.1 Å². The second kappa shape index (κ2) is 8.92. The van der Waals surface area contributed by atoms with Crippen molar-refractivity contribution in [2.45, 2.75) is 44.4 Å². The lowest BCUT2D eigenvalue weighted by molar-refractivity contribution is -0.0491. The normalized spacial score (nSPS) is 23.8. The SMILES string of the molecule is CNCC1c2c(ccc(O)c2O)COC1C1CCN(C(C)c2ccc(F)cc2)CC1.